The molecule has 0 saturated carbocycles. The van der Waals surface area contributed by atoms with Crippen molar-refractivity contribution in [1.82, 2.24) is 10.0 Å². The molecule has 0 aromatic carbocycles. The fourth-order valence-electron chi connectivity index (χ4n) is 2.73. The zero-order valence-corrected chi connectivity index (χ0v) is 11.3. The van der Waals surface area contributed by atoms with Gasteiger partial charge in [-0.15, -0.1) is 0 Å². The van der Waals surface area contributed by atoms with Crippen LogP contribution in [0.1, 0.15) is 0 Å². The van der Waals surface area contributed by atoms with E-state index in [0.29, 0.717) is 43.4 Å². The zero-order valence-electron chi connectivity index (χ0n) is 11.3. The highest BCUT2D eigenvalue weighted by molar-refractivity contribution is 6.22. The number of fused-ring (bicyclic) bond motifs is 2. The number of hydrogen-bond acceptors (Lipinski definition) is 6. The number of aliphatic hydroxyl groups is 1. The first-order valence-electron chi connectivity index (χ1n) is 6.85. The minimum absolute atomic E-state index is 0.0217. The molecule has 0 bridgehead atoms. The lowest BCUT2D eigenvalue weighted by molar-refractivity contribution is -0.134. The van der Waals surface area contributed by atoms with Crippen molar-refractivity contribution in [2.75, 3.05) is 26.2 Å². The summed E-state index contributed by atoms with van der Waals surface area (Å²) in [5, 5.41) is 13.5. The lowest BCUT2D eigenvalue weighted by Gasteiger charge is -2.19. The third-order valence-corrected chi connectivity index (χ3v) is 3.75. The molecule has 1 aliphatic carbocycles. The minimum Gasteiger partial charge on any atom is -0.506 e. The number of ether oxygens (including phenoxy) is 1. The van der Waals surface area contributed by atoms with Crippen LogP contribution in [0.2, 0.25) is 0 Å². The van der Waals surface area contributed by atoms with Gasteiger partial charge in [0.1, 0.15) is 29.5 Å². The van der Waals surface area contributed by atoms with Crippen LogP contribution in [-0.2, 0) is 9.53 Å². The number of allylic oxidation sites excluding steroid dienone is 2. The lowest BCUT2D eigenvalue weighted by Crippen LogP contribution is -2.32. The summed E-state index contributed by atoms with van der Waals surface area (Å²) < 4.78 is 5.50. The molecule has 4 rings (SSSR count). The summed E-state index contributed by atoms with van der Waals surface area (Å²) in [5.74, 6) is 0.570. The SMILES string of the molecule is O=C1C(N=C2C=C3OCCN=C3C=C2O)CN2C=CCN12. The summed E-state index contributed by atoms with van der Waals surface area (Å²) in [5.41, 5.74) is 0.998. The summed E-state index contributed by atoms with van der Waals surface area (Å²) in [4.78, 5) is 20.9. The summed E-state index contributed by atoms with van der Waals surface area (Å²) >= 11 is 0. The first-order chi connectivity index (χ1) is 10.2. The van der Waals surface area contributed by atoms with Gasteiger partial charge < -0.3 is 9.84 Å². The van der Waals surface area contributed by atoms with E-state index in [2.05, 4.69) is 9.98 Å². The first-order valence-corrected chi connectivity index (χ1v) is 6.85. The van der Waals surface area contributed by atoms with Crippen LogP contribution in [0.5, 0.6) is 0 Å². The molecule has 108 valence electrons. The number of carbonyl (C=O) groups is 1. The number of aliphatic hydroxyl groups excluding tert-OH is 1. The van der Waals surface area contributed by atoms with Crippen LogP contribution in [0.15, 0.2) is 45.9 Å². The Kier molecular flexibility index (Phi) is 2.60. The van der Waals surface area contributed by atoms with E-state index in [9.17, 15) is 9.90 Å². The average Bonchev–Trinajstić information content (AvgIpc) is 3.04. The minimum atomic E-state index is -0.501. The highest BCUT2D eigenvalue weighted by Crippen LogP contribution is 2.22. The van der Waals surface area contributed by atoms with Gasteiger partial charge in [-0.25, -0.2) is 5.01 Å². The molecule has 0 spiro atoms. The predicted molar refractivity (Wildman–Crippen MR) is 75.8 cm³/mol. The third kappa shape index (κ3) is 1.93. The van der Waals surface area contributed by atoms with E-state index in [-0.39, 0.29) is 11.7 Å². The molecule has 7 nitrogen and oxygen atoms in total. The van der Waals surface area contributed by atoms with Gasteiger partial charge in [0.2, 0.25) is 0 Å². The Labute approximate surface area is 121 Å². The van der Waals surface area contributed by atoms with Crippen LogP contribution in [0.3, 0.4) is 0 Å². The fourth-order valence-corrected chi connectivity index (χ4v) is 2.73. The van der Waals surface area contributed by atoms with Gasteiger partial charge in [0, 0.05) is 18.4 Å². The summed E-state index contributed by atoms with van der Waals surface area (Å²) in [6.07, 6.45) is 6.99. The van der Waals surface area contributed by atoms with E-state index >= 15 is 0 Å². The quantitative estimate of drug-likeness (QED) is 0.698. The van der Waals surface area contributed by atoms with Gasteiger partial charge in [0.15, 0.2) is 6.04 Å². The van der Waals surface area contributed by atoms with E-state index < -0.39 is 6.04 Å². The number of aliphatic imine (C=N–C) groups is 2. The summed E-state index contributed by atoms with van der Waals surface area (Å²) in [7, 11) is 0. The van der Waals surface area contributed by atoms with E-state index in [1.165, 1.54) is 6.08 Å². The Balaban J connectivity index is 1.63. The number of hydrogen-bond donors (Lipinski definition) is 1. The van der Waals surface area contributed by atoms with E-state index in [4.69, 9.17) is 4.74 Å². The molecule has 1 atom stereocenters. The van der Waals surface area contributed by atoms with Gasteiger partial charge in [-0.3, -0.25) is 19.8 Å². The molecule has 0 radical (unpaired) electrons. The largest absolute Gasteiger partial charge is 0.506 e. The topological polar surface area (TPSA) is 77.7 Å². The van der Waals surface area contributed by atoms with Gasteiger partial charge in [-0.2, -0.15) is 0 Å². The van der Waals surface area contributed by atoms with Crippen molar-refractivity contribution >= 4 is 17.3 Å². The molecule has 3 heterocycles. The Morgan fingerprint density at radius 2 is 2.33 bits per heavy atom. The van der Waals surface area contributed by atoms with Crippen LogP contribution in [0.25, 0.3) is 0 Å². The second kappa shape index (κ2) is 4.47. The molecule has 3 aliphatic heterocycles. The van der Waals surface area contributed by atoms with Gasteiger partial charge >= 0.3 is 0 Å². The molecule has 0 aromatic heterocycles. The smallest absolute Gasteiger partial charge is 0.268 e. The van der Waals surface area contributed by atoms with Crippen LogP contribution in [-0.4, -0.2) is 64.7 Å². The standard InChI is InChI=1S/C14H14N4O3/c19-12-6-10-13(21-5-2-15-10)7-9(12)16-11-8-17-3-1-4-18(17)14(11)20/h1,3,6-7,11,19H,2,4-5,8H2. The van der Waals surface area contributed by atoms with Crippen LogP contribution in [0, 0.1) is 0 Å². The first kappa shape index (κ1) is 12.2. The van der Waals surface area contributed by atoms with Crippen LogP contribution >= 0.6 is 0 Å². The molecule has 0 aromatic rings. The molecule has 1 fully saturated rings. The molecule has 7 heteroatoms. The Morgan fingerprint density at radius 3 is 3.19 bits per heavy atom. The normalized spacial score (nSPS) is 29.0. The Hall–Kier alpha value is -2.57. The Morgan fingerprint density at radius 1 is 1.43 bits per heavy atom. The number of rotatable bonds is 1. The molecular formula is C14H14N4O3. The molecule has 4 aliphatic rings. The number of hydrazine groups is 1. The van der Waals surface area contributed by atoms with Gasteiger partial charge in [-0.1, -0.05) is 0 Å². The van der Waals surface area contributed by atoms with Crippen molar-refractivity contribution in [2.24, 2.45) is 9.98 Å². The third-order valence-electron chi connectivity index (χ3n) is 3.75. The van der Waals surface area contributed by atoms with Gasteiger partial charge in [-0.05, 0) is 6.08 Å². The summed E-state index contributed by atoms with van der Waals surface area (Å²) in [6, 6.07) is -0.501. The fraction of sp³-hybridized carbons (Fsp3) is 0.357. The highest BCUT2D eigenvalue weighted by atomic mass is 16.5. The van der Waals surface area contributed by atoms with Crippen molar-refractivity contribution in [2.45, 2.75) is 6.04 Å². The van der Waals surface area contributed by atoms with E-state index in [1.807, 2.05) is 17.3 Å². The maximum Gasteiger partial charge on any atom is 0.268 e. The second-order valence-electron chi connectivity index (χ2n) is 5.11. The summed E-state index contributed by atoms with van der Waals surface area (Å²) in [6.45, 7) is 2.19. The highest BCUT2D eigenvalue weighted by Gasteiger charge is 2.38. The van der Waals surface area contributed by atoms with Crippen molar-refractivity contribution in [3.63, 3.8) is 0 Å². The monoisotopic (exact) mass is 286 g/mol. The maximum atomic E-state index is 12.2. The average molecular weight is 286 g/mol. The molecule has 1 N–H and O–H groups in total. The number of carbonyl (C=O) groups excluding carboxylic acids is 1. The van der Waals surface area contributed by atoms with Crippen molar-refractivity contribution < 1.29 is 14.6 Å². The second-order valence-corrected chi connectivity index (χ2v) is 5.11. The molecule has 21 heavy (non-hydrogen) atoms. The molecule has 1 saturated heterocycles. The van der Waals surface area contributed by atoms with Gasteiger partial charge in [0.05, 0.1) is 19.6 Å². The predicted octanol–water partition coefficient (Wildman–Crippen LogP) is 0.193. The Bertz CT molecular complexity index is 659. The maximum absolute atomic E-state index is 12.2. The van der Waals surface area contributed by atoms with Crippen molar-refractivity contribution in [3.8, 4) is 0 Å². The molecular weight excluding hydrogens is 272 g/mol. The molecule has 1 unspecified atom stereocenters. The number of nitrogens with zero attached hydrogens (tertiary/aromatic N) is 4. The van der Waals surface area contributed by atoms with Gasteiger partial charge in [0.25, 0.3) is 5.91 Å². The van der Waals surface area contributed by atoms with E-state index in [0.717, 1.165) is 0 Å². The van der Waals surface area contributed by atoms with Crippen molar-refractivity contribution in [1.29, 1.82) is 0 Å². The molecule has 1 amide bonds. The number of amides is 1. The van der Waals surface area contributed by atoms with Crippen LogP contribution < -0.4 is 0 Å². The lowest BCUT2D eigenvalue weighted by atomic mass is 10.1. The van der Waals surface area contributed by atoms with Crippen LogP contribution in [0.4, 0.5) is 0 Å². The zero-order chi connectivity index (χ0) is 14.4. The van der Waals surface area contributed by atoms with Crippen molar-refractivity contribution in [3.05, 3.63) is 35.9 Å². The van der Waals surface area contributed by atoms with E-state index in [1.54, 1.807) is 11.1 Å².